The predicted molar refractivity (Wildman–Crippen MR) is 162 cm³/mol. The number of nitrogens with one attached hydrogen (secondary N) is 1. The summed E-state index contributed by atoms with van der Waals surface area (Å²) in [7, 11) is 0. The number of anilines is 2. The second kappa shape index (κ2) is 10.8. The smallest absolute Gasteiger partial charge is 0.0384 e. The van der Waals surface area contributed by atoms with E-state index in [9.17, 15) is 0 Å². The van der Waals surface area contributed by atoms with Gasteiger partial charge < -0.3 is 5.32 Å². The summed E-state index contributed by atoms with van der Waals surface area (Å²) in [4.78, 5) is 0. The maximum Gasteiger partial charge on any atom is 0.0384 e. The first kappa shape index (κ1) is 23.8. The summed E-state index contributed by atoms with van der Waals surface area (Å²) in [5, 5.41) is 6.08. The molecule has 0 radical (unpaired) electrons. The first-order valence-electron chi connectivity index (χ1n) is 13.3. The lowest BCUT2D eigenvalue weighted by Crippen LogP contribution is -2.11. The normalized spacial score (nSPS) is 12.7. The average molecular weight is 490 g/mol. The fourth-order valence-corrected chi connectivity index (χ4v) is 5.53. The molecule has 0 aliphatic heterocycles. The zero-order valence-electron chi connectivity index (χ0n) is 21.6. The van der Waals surface area contributed by atoms with Gasteiger partial charge in [-0.05, 0) is 68.8 Å². The Hall–Kier alpha value is -4.62. The monoisotopic (exact) mass is 489 g/mol. The first-order chi connectivity index (χ1) is 18.8. The Balaban J connectivity index is 1.29. The maximum atomic E-state index is 3.46. The second-order valence-corrected chi connectivity index (χ2v) is 9.94. The third kappa shape index (κ3) is 4.96. The third-order valence-corrected chi connectivity index (χ3v) is 7.53. The summed E-state index contributed by atoms with van der Waals surface area (Å²) >= 11 is 0. The predicted octanol–water partition coefficient (Wildman–Crippen LogP) is 10.2. The van der Waals surface area contributed by atoms with E-state index in [2.05, 4.69) is 146 Å². The molecule has 0 saturated heterocycles. The molecular weight excluding hydrogens is 458 g/mol. The van der Waals surface area contributed by atoms with Crippen LogP contribution in [0.1, 0.15) is 35.4 Å². The lowest BCUT2D eigenvalue weighted by molar-refractivity contribution is 0.662. The molecule has 1 N–H and O–H groups in total. The van der Waals surface area contributed by atoms with Gasteiger partial charge in [-0.3, -0.25) is 0 Å². The largest absolute Gasteiger partial charge is 0.356 e. The van der Waals surface area contributed by atoms with Crippen LogP contribution >= 0.6 is 0 Å². The van der Waals surface area contributed by atoms with Gasteiger partial charge in [-0.1, -0.05) is 134 Å². The van der Waals surface area contributed by atoms with Gasteiger partial charge in [0.25, 0.3) is 0 Å². The van der Waals surface area contributed by atoms with E-state index < -0.39 is 0 Å². The molecule has 0 aliphatic carbocycles. The molecule has 6 rings (SSSR count). The number of benzene rings is 6. The molecule has 0 spiro atoms. The third-order valence-electron chi connectivity index (χ3n) is 7.53. The average Bonchev–Trinajstić information content (AvgIpc) is 2.99. The molecule has 1 heteroatoms. The van der Waals surface area contributed by atoms with Gasteiger partial charge in [0.05, 0.1) is 0 Å². The molecule has 0 aliphatic rings. The Morgan fingerprint density at radius 2 is 1.00 bits per heavy atom. The summed E-state index contributed by atoms with van der Waals surface area (Å²) in [5.74, 6) is 0.575. The SMILES string of the molecule is CC(c1ccc(-c2ccc(Nc3ccccc3)cc2)cc1)C(c1ccccc1)c1cccc2ccccc12. The van der Waals surface area contributed by atoms with Crippen LogP contribution in [0.3, 0.4) is 0 Å². The molecule has 6 aromatic rings. The zero-order valence-corrected chi connectivity index (χ0v) is 21.6. The molecule has 0 fully saturated rings. The van der Waals surface area contributed by atoms with Gasteiger partial charge in [0.15, 0.2) is 0 Å². The summed E-state index contributed by atoms with van der Waals surface area (Å²) in [5.41, 5.74) is 8.71. The van der Waals surface area contributed by atoms with Gasteiger partial charge in [0, 0.05) is 17.3 Å². The van der Waals surface area contributed by atoms with Crippen molar-refractivity contribution in [1.82, 2.24) is 0 Å². The Morgan fingerprint density at radius 3 is 1.71 bits per heavy atom. The van der Waals surface area contributed by atoms with Crippen LogP contribution in [0.15, 0.2) is 152 Å². The molecule has 0 saturated carbocycles. The van der Waals surface area contributed by atoms with Crippen LogP contribution in [-0.4, -0.2) is 0 Å². The van der Waals surface area contributed by atoms with E-state index in [1.165, 1.54) is 38.6 Å². The molecule has 0 amide bonds. The highest BCUT2D eigenvalue weighted by Gasteiger charge is 2.24. The van der Waals surface area contributed by atoms with Crippen molar-refractivity contribution in [2.45, 2.75) is 18.8 Å². The van der Waals surface area contributed by atoms with E-state index in [4.69, 9.17) is 0 Å². The van der Waals surface area contributed by atoms with Crippen molar-refractivity contribution in [2.24, 2.45) is 0 Å². The van der Waals surface area contributed by atoms with Crippen LogP contribution in [0.4, 0.5) is 11.4 Å². The van der Waals surface area contributed by atoms with Crippen molar-refractivity contribution in [2.75, 3.05) is 5.32 Å². The van der Waals surface area contributed by atoms with Crippen LogP contribution < -0.4 is 5.32 Å². The molecule has 2 unspecified atom stereocenters. The molecule has 6 aromatic carbocycles. The van der Waals surface area contributed by atoms with Gasteiger partial charge in [-0.25, -0.2) is 0 Å². The van der Waals surface area contributed by atoms with E-state index in [0.29, 0.717) is 5.92 Å². The van der Waals surface area contributed by atoms with Crippen molar-refractivity contribution in [3.05, 3.63) is 168 Å². The Labute approximate surface area is 225 Å². The number of hydrogen-bond donors (Lipinski definition) is 1. The van der Waals surface area contributed by atoms with E-state index in [1.54, 1.807) is 0 Å². The van der Waals surface area contributed by atoms with Crippen molar-refractivity contribution in [3.8, 4) is 11.1 Å². The van der Waals surface area contributed by atoms with Crippen LogP contribution in [0.5, 0.6) is 0 Å². The highest BCUT2D eigenvalue weighted by molar-refractivity contribution is 5.86. The molecule has 0 heterocycles. The molecule has 0 bridgehead atoms. The molecular formula is C37H31N. The van der Waals surface area contributed by atoms with Crippen LogP contribution in [0, 0.1) is 0 Å². The number of para-hydroxylation sites is 1. The molecule has 2 atom stereocenters. The topological polar surface area (TPSA) is 12.0 Å². The standard InChI is InChI=1S/C37H31N/c1-27(37(32-12-4-2-5-13-32)36-18-10-14-31-11-8-9-17-35(31)36)28-19-21-29(22-20-28)30-23-25-34(26-24-30)38-33-15-6-3-7-16-33/h2-27,37-38H,1H3. The van der Waals surface area contributed by atoms with Gasteiger partial charge in [-0.15, -0.1) is 0 Å². The zero-order chi connectivity index (χ0) is 25.7. The Morgan fingerprint density at radius 1 is 0.447 bits per heavy atom. The molecule has 0 aromatic heterocycles. The lowest BCUT2D eigenvalue weighted by atomic mass is 9.76. The van der Waals surface area contributed by atoms with E-state index in [-0.39, 0.29) is 5.92 Å². The number of fused-ring (bicyclic) bond motifs is 1. The lowest BCUT2D eigenvalue weighted by Gasteiger charge is -2.27. The number of rotatable bonds is 7. The highest BCUT2D eigenvalue weighted by atomic mass is 14.9. The fourth-order valence-electron chi connectivity index (χ4n) is 5.53. The van der Waals surface area contributed by atoms with E-state index in [0.717, 1.165) is 11.4 Å². The van der Waals surface area contributed by atoms with E-state index >= 15 is 0 Å². The quantitative estimate of drug-likeness (QED) is 0.235. The minimum Gasteiger partial charge on any atom is -0.356 e. The van der Waals surface area contributed by atoms with Gasteiger partial charge in [0.2, 0.25) is 0 Å². The van der Waals surface area contributed by atoms with Crippen LogP contribution in [-0.2, 0) is 0 Å². The van der Waals surface area contributed by atoms with Crippen molar-refractivity contribution in [1.29, 1.82) is 0 Å². The summed E-state index contributed by atoms with van der Waals surface area (Å²) in [6.45, 7) is 2.36. The minimum atomic E-state index is 0.261. The summed E-state index contributed by atoms with van der Waals surface area (Å²) in [6.07, 6.45) is 0. The summed E-state index contributed by atoms with van der Waals surface area (Å²) < 4.78 is 0. The molecule has 1 nitrogen and oxygen atoms in total. The molecule has 184 valence electrons. The number of hydrogen-bond acceptors (Lipinski definition) is 1. The van der Waals surface area contributed by atoms with Crippen molar-refractivity contribution < 1.29 is 0 Å². The Kier molecular flexibility index (Phi) is 6.74. The highest BCUT2D eigenvalue weighted by Crippen LogP contribution is 2.41. The first-order valence-corrected chi connectivity index (χ1v) is 13.3. The molecule has 38 heavy (non-hydrogen) atoms. The minimum absolute atomic E-state index is 0.261. The second-order valence-electron chi connectivity index (χ2n) is 9.94. The Bertz CT molecular complexity index is 1610. The van der Waals surface area contributed by atoms with Crippen LogP contribution in [0.2, 0.25) is 0 Å². The van der Waals surface area contributed by atoms with Gasteiger partial charge in [-0.2, -0.15) is 0 Å². The summed E-state index contributed by atoms with van der Waals surface area (Å²) in [6, 6.07) is 54.4. The maximum absolute atomic E-state index is 3.46. The van der Waals surface area contributed by atoms with Crippen molar-refractivity contribution in [3.63, 3.8) is 0 Å². The van der Waals surface area contributed by atoms with Gasteiger partial charge >= 0.3 is 0 Å². The van der Waals surface area contributed by atoms with Crippen LogP contribution in [0.25, 0.3) is 21.9 Å². The van der Waals surface area contributed by atoms with E-state index in [1.807, 2.05) is 18.2 Å². The fraction of sp³-hybridized carbons (Fsp3) is 0.0811. The van der Waals surface area contributed by atoms with Crippen molar-refractivity contribution >= 4 is 22.1 Å². The van der Waals surface area contributed by atoms with Gasteiger partial charge in [0.1, 0.15) is 0 Å².